The molecule has 0 saturated carbocycles. The molecular formula is C14H20F2N2O2. The topological polar surface area (TPSA) is 64.4 Å². The molecule has 0 radical (unpaired) electrons. The van der Waals surface area contributed by atoms with Crippen LogP contribution < -0.4 is 15.8 Å². The van der Waals surface area contributed by atoms with E-state index >= 15 is 0 Å². The molecule has 0 bridgehead atoms. The summed E-state index contributed by atoms with van der Waals surface area (Å²) in [5.74, 6) is -0.167. The zero-order valence-corrected chi connectivity index (χ0v) is 11.8. The van der Waals surface area contributed by atoms with Crippen molar-refractivity contribution in [3.63, 3.8) is 0 Å². The predicted octanol–water partition coefficient (Wildman–Crippen LogP) is 2.99. The quantitative estimate of drug-likeness (QED) is 0.874. The molecule has 1 amide bonds. The van der Waals surface area contributed by atoms with Crippen LogP contribution in [0.25, 0.3) is 0 Å². The Morgan fingerprint density at radius 3 is 2.30 bits per heavy atom. The van der Waals surface area contributed by atoms with E-state index in [0.717, 1.165) is 0 Å². The second kappa shape index (κ2) is 6.65. The molecule has 20 heavy (non-hydrogen) atoms. The van der Waals surface area contributed by atoms with Crippen molar-refractivity contribution in [2.24, 2.45) is 11.1 Å². The zero-order chi connectivity index (χ0) is 15.3. The molecule has 1 aromatic carbocycles. The smallest absolute Gasteiger partial charge is 0.387 e. The first kappa shape index (κ1) is 16.4. The highest BCUT2D eigenvalue weighted by Gasteiger charge is 2.23. The van der Waals surface area contributed by atoms with Crippen molar-refractivity contribution >= 4 is 11.6 Å². The number of alkyl halides is 2. The fourth-order valence-corrected chi connectivity index (χ4v) is 1.44. The summed E-state index contributed by atoms with van der Waals surface area (Å²) in [4.78, 5) is 11.8. The van der Waals surface area contributed by atoms with E-state index in [4.69, 9.17) is 5.73 Å². The molecule has 112 valence electrons. The molecule has 1 atom stereocenters. The van der Waals surface area contributed by atoms with Crippen LogP contribution in [0, 0.1) is 5.41 Å². The number of nitrogens with two attached hydrogens (primary N) is 1. The monoisotopic (exact) mass is 286 g/mol. The van der Waals surface area contributed by atoms with Gasteiger partial charge in [0.25, 0.3) is 0 Å². The van der Waals surface area contributed by atoms with Crippen LogP contribution in [-0.2, 0) is 4.79 Å². The van der Waals surface area contributed by atoms with Crippen molar-refractivity contribution in [3.8, 4) is 5.75 Å². The summed E-state index contributed by atoms with van der Waals surface area (Å²) < 4.78 is 28.2. The maximum Gasteiger partial charge on any atom is 0.387 e. The molecule has 1 aromatic rings. The van der Waals surface area contributed by atoms with Gasteiger partial charge in [-0.3, -0.25) is 4.79 Å². The minimum atomic E-state index is -2.86. The third kappa shape index (κ3) is 5.52. The molecule has 0 aliphatic carbocycles. The van der Waals surface area contributed by atoms with E-state index in [0.29, 0.717) is 5.69 Å². The first-order valence-corrected chi connectivity index (χ1v) is 6.29. The number of hydrogen-bond acceptors (Lipinski definition) is 3. The van der Waals surface area contributed by atoms with Gasteiger partial charge in [0, 0.05) is 18.2 Å². The zero-order valence-electron chi connectivity index (χ0n) is 11.8. The molecule has 1 unspecified atom stereocenters. The average Bonchev–Trinajstić information content (AvgIpc) is 2.29. The Balaban J connectivity index is 2.54. The Hall–Kier alpha value is -1.69. The van der Waals surface area contributed by atoms with Crippen LogP contribution >= 0.6 is 0 Å². The van der Waals surface area contributed by atoms with Gasteiger partial charge in [0.05, 0.1) is 0 Å². The van der Waals surface area contributed by atoms with E-state index in [1.165, 1.54) is 24.3 Å². The highest BCUT2D eigenvalue weighted by atomic mass is 19.3. The minimum absolute atomic E-state index is 0.0457. The second-order valence-corrected chi connectivity index (χ2v) is 5.63. The number of carbonyl (C=O) groups is 1. The first-order chi connectivity index (χ1) is 9.18. The van der Waals surface area contributed by atoms with Crippen LogP contribution in [0.4, 0.5) is 14.5 Å². The maximum atomic E-state index is 12.0. The van der Waals surface area contributed by atoms with E-state index in [9.17, 15) is 13.6 Å². The Bertz CT molecular complexity index is 441. The van der Waals surface area contributed by atoms with Crippen LogP contribution in [-0.4, -0.2) is 18.6 Å². The number of nitrogens with one attached hydrogen (secondary N) is 1. The van der Waals surface area contributed by atoms with Crippen molar-refractivity contribution in [1.82, 2.24) is 0 Å². The number of halogens is 2. The lowest BCUT2D eigenvalue weighted by Gasteiger charge is -2.26. The third-order valence-corrected chi connectivity index (χ3v) is 2.88. The van der Waals surface area contributed by atoms with Gasteiger partial charge in [-0.1, -0.05) is 20.8 Å². The SMILES string of the molecule is CC(C)(C)C(N)CC(=O)Nc1ccc(OC(F)F)cc1. The molecule has 0 aliphatic heterocycles. The number of anilines is 1. The lowest BCUT2D eigenvalue weighted by Crippen LogP contribution is -2.38. The van der Waals surface area contributed by atoms with Gasteiger partial charge in [0.2, 0.25) is 5.91 Å². The van der Waals surface area contributed by atoms with Gasteiger partial charge in [0.15, 0.2) is 0 Å². The number of ether oxygens (including phenoxy) is 1. The summed E-state index contributed by atoms with van der Waals surface area (Å²) in [5.41, 5.74) is 6.27. The summed E-state index contributed by atoms with van der Waals surface area (Å²) in [5, 5.41) is 2.66. The van der Waals surface area contributed by atoms with Gasteiger partial charge >= 0.3 is 6.61 Å². The summed E-state index contributed by atoms with van der Waals surface area (Å²) in [6.45, 7) is 3.02. The largest absolute Gasteiger partial charge is 0.435 e. The van der Waals surface area contributed by atoms with E-state index in [1.54, 1.807) is 0 Å². The standard InChI is InChI=1S/C14H20F2N2O2/c1-14(2,3)11(17)8-12(19)18-9-4-6-10(7-5-9)20-13(15)16/h4-7,11,13H,8,17H2,1-3H3,(H,18,19). The van der Waals surface area contributed by atoms with Crippen LogP contribution in [0.1, 0.15) is 27.2 Å². The van der Waals surface area contributed by atoms with Crippen LogP contribution in [0.3, 0.4) is 0 Å². The molecule has 0 spiro atoms. The first-order valence-electron chi connectivity index (χ1n) is 6.29. The molecule has 0 saturated heterocycles. The minimum Gasteiger partial charge on any atom is -0.435 e. The average molecular weight is 286 g/mol. The van der Waals surface area contributed by atoms with Crippen LogP contribution in [0.2, 0.25) is 0 Å². The maximum absolute atomic E-state index is 12.0. The van der Waals surface area contributed by atoms with Crippen molar-refractivity contribution in [2.75, 3.05) is 5.32 Å². The van der Waals surface area contributed by atoms with Crippen molar-refractivity contribution < 1.29 is 18.3 Å². The number of rotatable bonds is 5. The van der Waals surface area contributed by atoms with Crippen molar-refractivity contribution in [1.29, 1.82) is 0 Å². The van der Waals surface area contributed by atoms with E-state index < -0.39 is 6.61 Å². The molecular weight excluding hydrogens is 266 g/mol. The third-order valence-electron chi connectivity index (χ3n) is 2.88. The van der Waals surface area contributed by atoms with Crippen molar-refractivity contribution in [3.05, 3.63) is 24.3 Å². The normalized spacial score (nSPS) is 13.2. The fourth-order valence-electron chi connectivity index (χ4n) is 1.44. The predicted molar refractivity (Wildman–Crippen MR) is 73.8 cm³/mol. The number of carbonyl (C=O) groups excluding carboxylic acids is 1. The molecule has 0 aliphatic rings. The summed E-state index contributed by atoms with van der Waals surface area (Å²) in [6, 6.07) is 5.47. The van der Waals surface area contributed by atoms with Gasteiger partial charge in [0.1, 0.15) is 5.75 Å². The Kier molecular flexibility index (Phi) is 5.44. The van der Waals surface area contributed by atoms with Gasteiger partial charge in [-0.15, -0.1) is 0 Å². The van der Waals surface area contributed by atoms with Gasteiger partial charge in [-0.25, -0.2) is 0 Å². The van der Waals surface area contributed by atoms with Gasteiger partial charge < -0.3 is 15.8 Å². The van der Waals surface area contributed by atoms with Crippen LogP contribution in [0.5, 0.6) is 5.75 Å². The van der Waals surface area contributed by atoms with E-state index in [-0.39, 0.29) is 29.5 Å². The van der Waals surface area contributed by atoms with Crippen molar-refractivity contribution in [2.45, 2.75) is 39.8 Å². The Morgan fingerprint density at radius 2 is 1.85 bits per heavy atom. The summed E-state index contributed by atoms with van der Waals surface area (Å²) in [7, 11) is 0. The summed E-state index contributed by atoms with van der Waals surface area (Å²) >= 11 is 0. The molecule has 0 aromatic heterocycles. The Labute approximate surface area is 117 Å². The highest BCUT2D eigenvalue weighted by Crippen LogP contribution is 2.21. The molecule has 4 nitrogen and oxygen atoms in total. The molecule has 3 N–H and O–H groups in total. The molecule has 0 fully saturated rings. The Morgan fingerprint density at radius 1 is 1.30 bits per heavy atom. The van der Waals surface area contributed by atoms with E-state index in [1.807, 2.05) is 20.8 Å². The number of hydrogen-bond donors (Lipinski definition) is 2. The lowest BCUT2D eigenvalue weighted by atomic mass is 9.85. The van der Waals surface area contributed by atoms with Crippen LogP contribution in [0.15, 0.2) is 24.3 Å². The van der Waals surface area contributed by atoms with Gasteiger partial charge in [-0.05, 0) is 29.7 Å². The highest BCUT2D eigenvalue weighted by molar-refractivity contribution is 5.91. The molecule has 0 heterocycles. The molecule has 6 heteroatoms. The van der Waals surface area contributed by atoms with Gasteiger partial charge in [-0.2, -0.15) is 8.78 Å². The number of benzene rings is 1. The van der Waals surface area contributed by atoms with E-state index in [2.05, 4.69) is 10.1 Å². The molecule has 1 rings (SSSR count). The lowest BCUT2D eigenvalue weighted by molar-refractivity contribution is -0.117. The second-order valence-electron chi connectivity index (χ2n) is 5.63. The number of amides is 1. The fraction of sp³-hybridized carbons (Fsp3) is 0.500. The summed E-state index contributed by atoms with van der Waals surface area (Å²) in [6.07, 6.45) is 0.193.